The molecule has 1 saturated heterocycles. The second-order valence-electron chi connectivity index (χ2n) is 6.36. The van der Waals surface area contributed by atoms with E-state index in [1.807, 2.05) is 23.9 Å². The van der Waals surface area contributed by atoms with Crippen LogP contribution in [0.3, 0.4) is 0 Å². The first-order chi connectivity index (χ1) is 12.3. The van der Waals surface area contributed by atoms with Crippen LogP contribution in [0.5, 0.6) is 0 Å². The van der Waals surface area contributed by atoms with Gasteiger partial charge < -0.3 is 15.4 Å². The lowest BCUT2D eigenvalue weighted by atomic mass is 9.89. The monoisotopic (exact) mass is 469 g/mol. The number of ether oxygens (including phenoxy) is 1. The lowest BCUT2D eigenvalue weighted by molar-refractivity contribution is -0.0265. The molecule has 2 aromatic rings. The number of rotatable bonds is 5. The summed E-state index contributed by atoms with van der Waals surface area (Å²) in [5.74, 6) is 1.24. The summed E-state index contributed by atoms with van der Waals surface area (Å²) in [6, 6.07) is 12.5. The van der Waals surface area contributed by atoms with E-state index in [0.29, 0.717) is 12.5 Å². The van der Waals surface area contributed by atoms with Gasteiger partial charge in [-0.25, -0.2) is 0 Å². The summed E-state index contributed by atoms with van der Waals surface area (Å²) in [4.78, 5) is 4.32. The van der Waals surface area contributed by atoms with Crippen LogP contribution in [0.25, 0.3) is 0 Å². The number of benzene rings is 1. The summed E-state index contributed by atoms with van der Waals surface area (Å²) in [5.41, 5.74) is 2.37. The van der Waals surface area contributed by atoms with Crippen molar-refractivity contribution in [2.45, 2.75) is 25.5 Å². The summed E-state index contributed by atoms with van der Waals surface area (Å²) >= 11 is 0. The Morgan fingerprint density at radius 1 is 1.27 bits per heavy atom. The van der Waals surface area contributed by atoms with Gasteiger partial charge in [-0.05, 0) is 24.5 Å². The van der Waals surface area contributed by atoms with Crippen LogP contribution in [0.4, 0.5) is 0 Å². The third-order valence-electron chi connectivity index (χ3n) is 4.69. The molecule has 6 nitrogen and oxygen atoms in total. The predicted octanol–water partition coefficient (Wildman–Crippen LogP) is 2.87. The minimum atomic E-state index is 0. The molecule has 2 unspecified atom stereocenters. The molecular formula is C19H28IN5O. The topological polar surface area (TPSA) is 63.5 Å². The molecule has 1 fully saturated rings. The Labute approximate surface area is 172 Å². The summed E-state index contributed by atoms with van der Waals surface area (Å²) in [6.45, 7) is 2.37. The van der Waals surface area contributed by atoms with Gasteiger partial charge in [0.15, 0.2) is 5.96 Å². The zero-order chi connectivity index (χ0) is 17.5. The van der Waals surface area contributed by atoms with Gasteiger partial charge in [0, 0.05) is 39.4 Å². The standard InChI is InChI=1S/C19H27N5O.HI/c1-20-19(22-14-17-10-11-23-24(17)2)21-13-16-9-6-12-25-18(16)15-7-4-3-5-8-15;/h3-5,7-8,10-11,16,18H,6,9,12-14H2,1-2H3,(H2,20,21,22);1H. The normalized spacial score (nSPS) is 20.3. The molecule has 2 atom stereocenters. The second-order valence-corrected chi connectivity index (χ2v) is 6.36. The van der Waals surface area contributed by atoms with Crippen molar-refractivity contribution in [3.8, 4) is 0 Å². The predicted molar refractivity (Wildman–Crippen MR) is 115 cm³/mol. The average molecular weight is 469 g/mol. The van der Waals surface area contributed by atoms with Gasteiger partial charge in [-0.15, -0.1) is 24.0 Å². The zero-order valence-corrected chi connectivity index (χ0v) is 17.7. The van der Waals surface area contributed by atoms with Gasteiger partial charge in [-0.1, -0.05) is 30.3 Å². The highest BCUT2D eigenvalue weighted by Gasteiger charge is 2.27. The highest BCUT2D eigenvalue weighted by Crippen LogP contribution is 2.32. The molecule has 2 N–H and O–H groups in total. The molecule has 1 aliphatic heterocycles. The van der Waals surface area contributed by atoms with Gasteiger partial charge in [0.1, 0.15) is 0 Å². The van der Waals surface area contributed by atoms with Gasteiger partial charge in [0.2, 0.25) is 0 Å². The smallest absolute Gasteiger partial charge is 0.191 e. The molecular weight excluding hydrogens is 441 g/mol. The quantitative estimate of drug-likeness (QED) is 0.402. The molecule has 0 aliphatic carbocycles. The van der Waals surface area contributed by atoms with Gasteiger partial charge in [0.25, 0.3) is 0 Å². The molecule has 0 saturated carbocycles. The zero-order valence-electron chi connectivity index (χ0n) is 15.4. The lowest BCUT2D eigenvalue weighted by Crippen LogP contribution is -2.41. The minimum Gasteiger partial charge on any atom is -0.373 e. The molecule has 0 amide bonds. The first-order valence-electron chi connectivity index (χ1n) is 8.86. The molecule has 142 valence electrons. The van der Waals surface area contributed by atoms with Crippen LogP contribution in [-0.4, -0.2) is 35.9 Å². The lowest BCUT2D eigenvalue weighted by Gasteiger charge is -2.32. The van der Waals surface area contributed by atoms with Gasteiger partial charge in [-0.2, -0.15) is 5.10 Å². The van der Waals surface area contributed by atoms with Crippen LogP contribution in [-0.2, 0) is 18.3 Å². The summed E-state index contributed by atoms with van der Waals surface area (Å²) in [7, 11) is 3.74. The molecule has 2 heterocycles. The Morgan fingerprint density at radius 2 is 2.08 bits per heavy atom. The number of aryl methyl sites for hydroxylation is 1. The van der Waals surface area contributed by atoms with Crippen molar-refractivity contribution in [3.63, 3.8) is 0 Å². The van der Waals surface area contributed by atoms with Gasteiger partial charge >= 0.3 is 0 Å². The van der Waals surface area contributed by atoms with E-state index >= 15 is 0 Å². The number of guanidine groups is 1. The Morgan fingerprint density at radius 3 is 2.77 bits per heavy atom. The molecule has 0 bridgehead atoms. The highest BCUT2D eigenvalue weighted by molar-refractivity contribution is 14.0. The summed E-state index contributed by atoms with van der Waals surface area (Å²) in [5, 5.41) is 11.0. The molecule has 1 aliphatic rings. The Hall–Kier alpha value is -1.61. The third-order valence-corrected chi connectivity index (χ3v) is 4.69. The van der Waals surface area contributed by atoms with Gasteiger partial charge in [0.05, 0.1) is 18.3 Å². The first-order valence-corrected chi connectivity index (χ1v) is 8.86. The van der Waals surface area contributed by atoms with Gasteiger partial charge in [-0.3, -0.25) is 9.67 Å². The largest absolute Gasteiger partial charge is 0.373 e. The van der Waals surface area contributed by atoms with Crippen LogP contribution in [0.1, 0.15) is 30.2 Å². The number of hydrogen-bond donors (Lipinski definition) is 2. The van der Waals surface area contributed by atoms with Crippen molar-refractivity contribution in [2.75, 3.05) is 20.2 Å². The Kier molecular flexibility index (Phi) is 8.37. The van der Waals surface area contributed by atoms with Crippen molar-refractivity contribution in [3.05, 3.63) is 53.9 Å². The molecule has 0 spiro atoms. The van der Waals surface area contributed by atoms with E-state index in [4.69, 9.17) is 4.74 Å². The summed E-state index contributed by atoms with van der Waals surface area (Å²) < 4.78 is 7.93. The molecule has 0 radical (unpaired) electrons. The average Bonchev–Trinajstić information content (AvgIpc) is 3.08. The van der Waals surface area contributed by atoms with E-state index in [1.165, 1.54) is 5.56 Å². The number of aromatic nitrogens is 2. The molecule has 1 aromatic heterocycles. The molecule has 1 aromatic carbocycles. The second kappa shape index (κ2) is 10.5. The van der Waals surface area contributed by atoms with E-state index in [0.717, 1.165) is 37.6 Å². The van der Waals surface area contributed by atoms with Crippen molar-refractivity contribution in [1.29, 1.82) is 0 Å². The van der Waals surface area contributed by atoms with E-state index in [2.05, 4.69) is 45.0 Å². The minimum absolute atomic E-state index is 0. The number of aliphatic imine (C=N–C) groups is 1. The number of nitrogens with one attached hydrogen (secondary N) is 2. The Balaban J connectivity index is 0.00000243. The molecule has 3 rings (SSSR count). The Bertz CT molecular complexity index is 688. The van der Waals surface area contributed by atoms with E-state index in [1.54, 1.807) is 13.2 Å². The van der Waals surface area contributed by atoms with Crippen molar-refractivity contribution >= 4 is 29.9 Å². The van der Waals surface area contributed by atoms with Crippen molar-refractivity contribution in [1.82, 2.24) is 20.4 Å². The molecule has 7 heteroatoms. The fraction of sp³-hybridized carbons (Fsp3) is 0.474. The van der Waals surface area contributed by atoms with Crippen LogP contribution in [0, 0.1) is 5.92 Å². The number of hydrogen-bond acceptors (Lipinski definition) is 3. The summed E-state index contributed by atoms with van der Waals surface area (Å²) in [6.07, 6.45) is 4.22. The maximum Gasteiger partial charge on any atom is 0.191 e. The van der Waals surface area contributed by atoms with Crippen LogP contribution in [0.2, 0.25) is 0 Å². The SMILES string of the molecule is CN=C(NCc1ccnn1C)NCC1CCCOC1c1ccccc1.I. The maximum absolute atomic E-state index is 6.07. The first kappa shape index (κ1) is 20.7. The van der Waals surface area contributed by atoms with Crippen molar-refractivity contribution < 1.29 is 4.74 Å². The van der Waals surface area contributed by atoms with Crippen molar-refractivity contribution in [2.24, 2.45) is 18.0 Å². The van der Waals surface area contributed by atoms with Crippen LogP contribution < -0.4 is 10.6 Å². The van der Waals surface area contributed by atoms with E-state index in [9.17, 15) is 0 Å². The maximum atomic E-state index is 6.07. The fourth-order valence-electron chi connectivity index (χ4n) is 3.26. The third kappa shape index (κ3) is 5.44. The molecule has 26 heavy (non-hydrogen) atoms. The van der Waals surface area contributed by atoms with E-state index < -0.39 is 0 Å². The highest BCUT2D eigenvalue weighted by atomic mass is 127. The number of nitrogens with zero attached hydrogens (tertiary/aromatic N) is 3. The van der Waals surface area contributed by atoms with Crippen LogP contribution >= 0.6 is 24.0 Å². The fourth-order valence-corrected chi connectivity index (χ4v) is 3.26. The number of halogens is 1. The van der Waals surface area contributed by atoms with Crippen LogP contribution in [0.15, 0.2) is 47.6 Å². The van der Waals surface area contributed by atoms with E-state index in [-0.39, 0.29) is 30.1 Å².